The molecule has 118 valence electrons. The van der Waals surface area contributed by atoms with E-state index in [1.54, 1.807) is 6.92 Å². The number of nitrogens with one attached hydrogen (secondary N) is 1. The molecule has 3 nitrogen and oxygen atoms in total. The first kappa shape index (κ1) is 17.5. The Bertz CT molecular complexity index is 500. The van der Waals surface area contributed by atoms with E-state index in [2.05, 4.69) is 5.32 Å². The van der Waals surface area contributed by atoms with Gasteiger partial charge in [-0.25, -0.2) is 0 Å². The van der Waals surface area contributed by atoms with Crippen LogP contribution in [0.3, 0.4) is 0 Å². The minimum atomic E-state index is -4.44. The van der Waals surface area contributed by atoms with E-state index < -0.39 is 17.2 Å². The highest BCUT2D eigenvalue weighted by Gasteiger charge is 2.35. The van der Waals surface area contributed by atoms with Gasteiger partial charge in [-0.2, -0.15) is 13.2 Å². The summed E-state index contributed by atoms with van der Waals surface area (Å²) in [5.74, 6) is -0.336. The second-order valence-corrected chi connectivity index (χ2v) is 5.17. The van der Waals surface area contributed by atoms with Gasteiger partial charge in [0.2, 0.25) is 5.91 Å². The SMILES string of the molecule is CCC(CC)(CN)C(=O)Nc1cc(C(F)(F)F)ccc1C. The van der Waals surface area contributed by atoms with Crippen LogP contribution in [-0.4, -0.2) is 12.5 Å². The highest BCUT2D eigenvalue weighted by Crippen LogP contribution is 2.33. The molecule has 0 spiro atoms. The predicted octanol–water partition coefficient (Wildman–Crippen LogP) is 3.72. The summed E-state index contributed by atoms with van der Waals surface area (Å²) < 4.78 is 38.2. The fourth-order valence-corrected chi connectivity index (χ4v) is 2.14. The molecular weight excluding hydrogens is 281 g/mol. The van der Waals surface area contributed by atoms with Crippen molar-refractivity contribution in [3.8, 4) is 0 Å². The fraction of sp³-hybridized carbons (Fsp3) is 0.533. The molecule has 1 amide bonds. The molecular formula is C15H21F3N2O. The summed E-state index contributed by atoms with van der Waals surface area (Å²) in [5, 5.41) is 2.60. The van der Waals surface area contributed by atoms with Crippen molar-refractivity contribution in [1.82, 2.24) is 0 Å². The summed E-state index contributed by atoms with van der Waals surface area (Å²) in [6.07, 6.45) is -3.37. The summed E-state index contributed by atoms with van der Waals surface area (Å²) in [5.41, 5.74) is 4.90. The van der Waals surface area contributed by atoms with Crippen molar-refractivity contribution in [3.05, 3.63) is 29.3 Å². The molecule has 0 saturated carbocycles. The highest BCUT2D eigenvalue weighted by molar-refractivity contribution is 5.96. The van der Waals surface area contributed by atoms with Gasteiger partial charge in [0.1, 0.15) is 0 Å². The lowest BCUT2D eigenvalue weighted by molar-refractivity contribution is -0.137. The first-order chi connectivity index (χ1) is 9.70. The van der Waals surface area contributed by atoms with E-state index in [1.165, 1.54) is 6.07 Å². The van der Waals surface area contributed by atoms with Crippen LogP contribution in [0.1, 0.15) is 37.8 Å². The first-order valence-electron chi connectivity index (χ1n) is 6.89. The van der Waals surface area contributed by atoms with Crippen LogP contribution < -0.4 is 11.1 Å². The zero-order valence-corrected chi connectivity index (χ0v) is 12.5. The summed E-state index contributed by atoms with van der Waals surface area (Å²) in [7, 11) is 0. The molecule has 0 aliphatic rings. The van der Waals surface area contributed by atoms with Crippen LogP contribution in [0.25, 0.3) is 0 Å². The van der Waals surface area contributed by atoms with E-state index in [0.717, 1.165) is 12.1 Å². The quantitative estimate of drug-likeness (QED) is 0.871. The molecule has 0 unspecified atom stereocenters. The normalized spacial score (nSPS) is 12.3. The van der Waals surface area contributed by atoms with Gasteiger partial charge in [-0.15, -0.1) is 0 Å². The molecule has 0 bridgehead atoms. The number of rotatable bonds is 5. The Morgan fingerprint density at radius 3 is 2.24 bits per heavy atom. The van der Waals surface area contributed by atoms with Crippen LogP contribution in [0, 0.1) is 12.3 Å². The fourth-order valence-electron chi connectivity index (χ4n) is 2.14. The third kappa shape index (κ3) is 3.75. The monoisotopic (exact) mass is 302 g/mol. The maximum atomic E-state index is 12.7. The first-order valence-corrected chi connectivity index (χ1v) is 6.89. The van der Waals surface area contributed by atoms with Gasteiger partial charge in [-0.05, 0) is 37.5 Å². The minimum absolute atomic E-state index is 0.157. The average Bonchev–Trinajstić information content (AvgIpc) is 2.42. The lowest BCUT2D eigenvalue weighted by atomic mass is 9.81. The van der Waals surface area contributed by atoms with Gasteiger partial charge >= 0.3 is 6.18 Å². The number of hydrogen-bond donors (Lipinski definition) is 2. The Kier molecular flexibility index (Phi) is 5.39. The van der Waals surface area contributed by atoms with E-state index in [1.807, 2.05) is 13.8 Å². The van der Waals surface area contributed by atoms with Crippen molar-refractivity contribution in [3.63, 3.8) is 0 Å². The summed E-state index contributed by atoms with van der Waals surface area (Å²) in [6, 6.07) is 3.31. The van der Waals surface area contributed by atoms with Gasteiger partial charge in [0.25, 0.3) is 0 Å². The molecule has 0 heterocycles. The van der Waals surface area contributed by atoms with Crippen LogP contribution in [0.5, 0.6) is 0 Å². The molecule has 0 aromatic heterocycles. The lowest BCUT2D eigenvalue weighted by Gasteiger charge is -2.29. The minimum Gasteiger partial charge on any atom is -0.329 e. The van der Waals surface area contributed by atoms with Crippen LogP contribution in [0.15, 0.2) is 18.2 Å². The van der Waals surface area contributed by atoms with Gasteiger partial charge in [-0.1, -0.05) is 19.9 Å². The molecule has 21 heavy (non-hydrogen) atoms. The molecule has 0 aliphatic carbocycles. The second-order valence-electron chi connectivity index (χ2n) is 5.17. The molecule has 0 radical (unpaired) electrons. The van der Waals surface area contributed by atoms with Crippen LogP contribution >= 0.6 is 0 Å². The molecule has 1 rings (SSSR count). The van der Waals surface area contributed by atoms with Gasteiger partial charge in [0.15, 0.2) is 0 Å². The number of anilines is 1. The van der Waals surface area contributed by atoms with E-state index in [-0.39, 0.29) is 18.1 Å². The van der Waals surface area contributed by atoms with Gasteiger partial charge < -0.3 is 11.1 Å². The Labute approximate surface area is 122 Å². The lowest BCUT2D eigenvalue weighted by Crippen LogP contribution is -2.41. The molecule has 6 heteroatoms. The largest absolute Gasteiger partial charge is 0.416 e. The Morgan fingerprint density at radius 2 is 1.81 bits per heavy atom. The number of aryl methyl sites for hydroxylation is 1. The van der Waals surface area contributed by atoms with Crippen molar-refractivity contribution in [2.75, 3.05) is 11.9 Å². The van der Waals surface area contributed by atoms with Crippen molar-refractivity contribution < 1.29 is 18.0 Å². The Morgan fingerprint density at radius 1 is 1.24 bits per heavy atom. The van der Waals surface area contributed by atoms with Crippen LogP contribution in [0.4, 0.5) is 18.9 Å². The van der Waals surface area contributed by atoms with E-state index in [4.69, 9.17) is 5.73 Å². The van der Waals surface area contributed by atoms with E-state index in [9.17, 15) is 18.0 Å². The van der Waals surface area contributed by atoms with Gasteiger partial charge in [-0.3, -0.25) is 4.79 Å². The highest BCUT2D eigenvalue weighted by atomic mass is 19.4. The number of amides is 1. The van der Waals surface area contributed by atoms with Crippen molar-refractivity contribution in [1.29, 1.82) is 0 Å². The number of halogens is 3. The zero-order chi connectivity index (χ0) is 16.3. The van der Waals surface area contributed by atoms with Crippen molar-refractivity contribution in [2.45, 2.75) is 39.8 Å². The third-order valence-corrected chi connectivity index (χ3v) is 4.04. The standard InChI is InChI=1S/C15H21F3N2O/c1-4-14(5-2,9-19)13(21)20-12-8-11(15(16,17)18)7-6-10(12)3/h6-8H,4-5,9,19H2,1-3H3,(H,20,21). The maximum Gasteiger partial charge on any atom is 0.416 e. The number of carbonyl (C=O) groups excluding carboxylic acids is 1. The molecule has 1 aromatic carbocycles. The Hall–Kier alpha value is -1.56. The number of nitrogens with two attached hydrogens (primary N) is 1. The third-order valence-electron chi connectivity index (χ3n) is 4.04. The smallest absolute Gasteiger partial charge is 0.329 e. The topological polar surface area (TPSA) is 55.1 Å². The summed E-state index contributed by atoms with van der Waals surface area (Å²) in [6.45, 7) is 5.49. The van der Waals surface area contributed by atoms with Crippen LogP contribution in [0.2, 0.25) is 0 Å². The number of alkyl halides is 3. The summed E-state index contributed by atoms with van der Waals surface area (Å²) in [4.78, 5) is 12.4. The van der Waals surface area contributed by atoms with E-state index >= 15 is 0 Å². The second kappa shape index (κ2) is 6.47. The molecule has 1 aromatic rings. The molecule has 0 aliphatic heterocycles. The van der Waals surface area contributed by atoms with Crippen molar-refractivity contribution in [2.24, 2.45) is 11.1 Å². The average molecular weight is 302 g/mol. The summed E-state index contributed by atoms with van der Waals surface area (Å²) >= 11 is 0. The predicted molar refractivity (Wildman–Crippen MR) is 76.9 cm³/mol. The number of hydrogen-bond acceptors (Lipinski definition) is 2. The Balaban J connectivity index is 3.10. The molecule has 3 N–H and O–H groups in total. The molecule has 0 fully saturated rings. The van der Waals surface area contributed by atoms with Crippen LogP contribution in [-0.2, 0) is 11.0 Å². The maximum absolute atomic E-state index is 12.7. The number of carbonyl (C=O) groups is 1. The number of benzene rings is 1. The van der Waals surface area contributed by atoms with Gasteiger partial charge in [0, 0.05) is 12.2 Å². The van der Waals surface area contributed by atoms with Gasteiger partial charge in [0.05, 0.1) is 11.0 Å². The molecule has 0 saturated heterocycles. The molecule has 0 atom stereocenters. The zero-order valence-electron chi connectivity index (χ0n) is 12.5. The van der Waals surface area contributed by atoms with E-state index in [0.29, 0.717) is 18.4 Å². The van der Waals surface area contributed by atoms with Crippen molar-refractivity contribution >= 4 is 11.6 Å².